The van der Waals surface area contributed by atoms with Gasteiger partial charge in [-0.3, -0.25) is 4.79 Å². The van der Waals surface area contributed by atoms with Gasteiger partial charge in [0.1, 0.15) is 0 Å². The summed E-state index contributed by atoms with van der Waals surface area (Å²) in [5, 5.41) is 0.834. The molecule has 4 nitrogen and oxygen atoms in total. The van der Waals surface area contributed by atoms with Crippen molar-refractivity contribution >= 4 is 34.6 Å². The second-order valence-electron chi connectivity index (χ2n) is 6.53. The van der Waals surface area contributed by atoms with Gasteiger partial charge >= 0.3 is 0 Å². The number of amides is 1. The van der Waals surface area contributed by atoms with E-state index in [9.17, 15) is 4.79 Å². The lowest BCUT2D eigenvalue weighted by atomic mass is 10.2. The van der Waals surface area contributed by atoms with Gasteiger partial charge in [-0.05, 0) is 42.5 Å². The van der Waals surface area contributed by atoms with E-state index in [1.807, 2.05) is 36.4 Å². The molecule has 2 aromatic carbocycles. The number of benzene rings is 2. The summed E-state index contributed by atoms with van der Waals surface area (Å²) in [4.78, 5) is 21.8. The Morgan fingerprint density at radius 1 is 0.923 bits per heavy atom. The molecule has 2 heterocycles. The summed E-state index contributed by atoms with van der Waals surface area (Å²) in [5.41, 5.74) is 3.57. The minimum Gasteiger partial charge on any atom is -0.368 e. The Kier molecular flexibility index (Phi) is 4.80. The van der Waals surface area contributed by atoms with Crippen molar-refractivity contribution in [3.63, 3.8) is 0 Å². The maximum Gasteiger partial charge on any atom is 0.286 e. The molecule has 0 aliphatic carbocycles. The van der Waals surface area contributed by atoms with E-state index < -0.39 is 0 Å². The van der Waals surface area contributed by atoms with Crippen LogP contribution in [0, 0.1) is 6.92 Å². The van der Waals surface area contributed by atoms with Crippen LogP contribution in [-0.2, 0) is 4.79 Å². The first-order valence-corrected chi connectivity index (χ1v) is 9.65. The van der Waals surface area contributed by atoms with Crippen LogP contribution in [0.5, 0.6) is 0 Å². The number of thioether (sulfide) groups is 1. The molecule has 0 aromatic heterocycles. The predicted octanol–water partition coefficient (Wildman–Crippen LogP) is 3.79. The van der Waals surface area contributed by atoms with Gasteiger partial charge in [-0.2, -0.15) is 4.99 Å². The number of aryl methyl sites for hydroxylation is 1. The molecule has 4 rings (SSSR count). The molecule has 2 aliphatic rings. The summed E-state index contributed by atoms with van der Waals surface area (Å²) >= 11 is 1.49. The standard InChI is InChI=1S/C21H21N3OS/c1-16-7-9-18(10-8-16)23-11-13-24(14-12-23)21-22-20(25)19(26-21)15-17-5-3-2-4-6-17/h2-10,15H,11-14H2,1H3. The number of carbonyl (C=O) groups is 1. The highest BCUT2D eigenvalue weighted by atomic mass is 32.2. The smallest absolute Gasteiger partial charge is 0.286 e. The van der Waals surface area contributed by atoms with E-state index >= 15 is 0 Å². The Hall–Kier alpha value is -2.53. The zero-order valence-electron chi connectivity index (χ0n) is 14.8. The number of aliphatic imine (C=N–C) groups is 1. The maximum absolute atomic E-state index is 12.2. The molecule has 2 aromatic rings. The van der Waals surface area contributed by atoms with Crippen molar-refractivity contribution in [1.29, 1.82) is 0 Å². The summed E-state index contributed by atoms with van der Waals surface area (Å²) in [7, 11) is 0. The molecule has 0 spiro atoms. The Morgan fingerprint density at radius 2 is 1.58 bits per heavy atom. The van der Waals surface area contributed by atoms with Crippen molar-refractivity contribution in [1.82, 2.24) is 4.90 Å². The Bertz CT molecular complexity index is 851. The van der Waals surface area contributed by atoms with Crippen LogP contribution in [0.2, 0.25) is 0 Å². The molecule has 0 bridgehead atoms. The molecule has 1 fully saturated rings. The molecule has 0 N–H and O–H groups in total. The number of anilines is 1. The normalized spacial score (nSPS) is 19.2. The van der Waals surface area contributed by atoms with Crippen LogP contribution in [-0.4, -0.2) is 42.2 Å². The minimum absolute atomic E-state index is 0.130. The first-order chi connectivity index (χ1) is 12.7. The lowest BCUT2D eigenvalue weighted by Crippen LogP contribution is -2.47. The van der Waals surface area contributed by atoms with E-state index in [-0.39, 0.29) is 5.91 Å². The molecule has 0 saturated carbocycles. The summed E-state index contributed by atoms with van der Waals surface area (Å²) in [5.74, 6) is -0.130. The summed E-state index contributed by atoms with van der Waals surface area (Å²) < 4.78 is 0. The number of rotatable bonds is 2. The third-order valence-electron chi connectivity index (χ3n) is 4.66. The van der Waals surface area contributed by atoms with Gasteiger partial charge < -0.3 is 9.80 Å². The Morgan fingerprint density at radius 3 is 2.27 bits per heavy atom. The predicted molar refractivity (Wildman–Crippen MR) is 109 cm³/mol. The fourth-order valence-corrected chi connectivity index (χ4v) is 4.11. The zero-order chi connectivity index (χ0) is 17.9. The Labute approximate surface area is 158 Å². The lowest BCUT2D eigenvalue weighted by molar-refractivity contribution is -0.113. The molecule has 5 heteroatoms. The highest BCUT2D eigenvalue weighted by Crippen LogP contribution is 2.31. The molecule has 26 heavy (non-hydrogen) atoms. The average Bonchev–Trinajstić information content (AvgIpc) is 3.04. The highest BCUT2D eigenvalue weighted by molar-refractivity contribution is 8.18. The van der Waals surface area contributed by atoms with Crippen LogP contribution in [0.3, 0.4) is 0 Å². The van der Waals surface area contributed by atoms with Gasteiger partial charge in [0.2, 0.25) is 0 Å². The third kappa shape index (κ3) is 3.68. The van der Waals surface area contributed by atoms with Crippen molar-refractivity contribution in [3.8, 4) is 0 Å². The fourth-order valence-electron chi connectivity index (χ4n) is 3.15. The summed E-state index contributed by atoms with van der Waals surface area (Å²) in [6, 6.07) is 18.6. The van der Waals surface area contributed by atoms with Crippen molar-refractivity contribution in [2.45, 2.75) is 6.92 Å². The van der Waals surface area contributed by atoms with E-state index in [1.54, 1.807) is 0 Å². The largest absolute Gasteiger partial charge is 0.368 e. The topological polar surface area (TPSA) is 35.9 Å². The maximum atomic E-state index is 12.2. The van der Waals surface area contributed by atoms with Crippen LogP contribution in [0.15, 0.2) is 64.5 Å². The van der Waals surface area contributed by atoms with Crippen molar-refractivity contribution in [3.05, 3.63) is 70.6 Å². The second-order valence-corrected chi connectivity index (χ2v) is 7.54. The van der Waals surface area contributed by atoms with Crippen molar-refractivity contribution in [2.24, 2.45) is 4.99 Å². The molecule has 1 amide bonds. The van der Waals surface area contributed by atoms with Crippen LogP contribution in [0.1, 0.15) is 11.1 Å². The lowest BCUT2D eigenvalue weighted by Gasteiger charge is -2.36. The molecule has 0 unspecified atom stereocenters. The number of nitrogens with zero attached hydrogens (tertiary/aromatic N) is 3. The highest BCUT2D eigenvalue weighted by Gasteiger charge is 2.28. The van der Waals surface area contributed by atoms with Crippen LogP contribution < -0.4 is 4.90 Å². The molecule has 2 aliphatic heterocycles. The van der Waals surface area contributed by atoms with E-state index in [4.69, 9.17) is 0 Å². The molecule has 0 atom stereocenters. The molecular weight excluding hydrogens is 342 g/mol. The van der Waals surface area contributed by atoms with E-state index in [1.165, 1.54) is 23.0 Å². The minimum atomic E-state index is -0.130. The van der Waals surface area contributed by atoms with E-state index in [2.05, 4.69) is 46.0 Å². The van der Waals surface area contributed by atoms with E-state index in [0.29, 0.717) is 4.91 Å². The zero-order valence-corrected chi connectivity index (χ0v) is 15.6. The van der Waals surface area contributed by atoms with Crippen LogP contribution >= 0.6 is 11.8 Å². The van der Waals surface area contributed by atoms with Gasteiger partial charge in [-0.25, -0.2) is 0 Å². The molecule has 0 radical (unpaired) electrons. The van der Waals surface area contributed by atoms with Gasteiger partial charge in [0, 0.05) is 31.9 Å². The molecule has 1 saturated heterocycles. The molecule has 132 valence electrons. The monoisotopic (exact) mass is 363 g/mol. The average molecular weight is 363 g/mol. The third-order valence-corrected chi connectivity index (χ3v) is 5.70. The van der Waals surface area contributed by atoms with Gasteiger partial charge in [0.25, 0.3) is 5.91 Å². The van der Waals surface area contributed by atoms with Gasteiger partial charge in [0.15, 0.2) is 5.17 Å². The number of hydrogen-bond donors (Lipinski definition) is 0. The summed E-state index contributed by atoms with van der Waals surface area (Å²) in [6.45, 7) is 5.75. The SMILES string of the molecule is Cc1ccc(N2CCN(C3=NC(=O)C(=Cc4ccccc4)S3)CC2)cc1. The number of carbonyl (C=O) groups excluding carboxylic acids is 1. The quantitative estimate of drug-likeness (QED) is 0.761. The van der Waals surface area contributed by atoms with Gasteiger partial charge in [-0.1, -0.05) is 48.0 Å². The number of amidine groups is 1. The van der Waals surface area contributed by atoms with Crippen molar-refractivity contribution in [2.75, 3.05) is 31.1 Å². The first-order valence-electron chi connectivity index (χ1n) is 8.83. The number of piperazine rings is 1. The van der Waals surface area contributed by atoms with Gasteiger partial charge in [-0.15, -0.1) is 0 Å². The molecular formula is C21H21N3OS. The van der Waals surface area contributed by atoms with Crippen LogP contribution in [0.4, 0.5) is 5.69 Å². The van der Waals surface area contributed by atoms with E-state index in [0.717, 1.165) is 36.9 Å². The van der Waals surface area contributed by atoms with Gasteiger partial charge in [0.05, 0.1) is 4.91 Å². The Balaban J connectivity index is 1.39. The second kappa shape index (κ2) is 7.38. The number of hydrogen-bond acceptors (Lipinski definition) is 4. The van der Waals surface area contributed by atoms with Crippen molar-refractivity contribution < 1.29 is 4.79 Å². The first kappa shape index (κ1) is 16.9. The van der Waals surface area contributed by atoms with Crippen LogP contribution in [0.25, 0.3) is 6.08 Å². The summed E-state index contributed by atoms with van der Waals surface area (Å²) in [6.07, 6.45) is 1.92. The fraction of sp³-hybridized carbons (Fsp3) is 0.238.